The molecule has 0 bridgehead atoms. The van der Waals surface area contributed by atoms with E-state index in [1.165, 1.54) is 0 Å². The van der Waals surface area contributed by atoms with Crippen LogP contribution in [-0.2, 0) is 19.7 Å². The molecule has 2 unspecified atom stereocenters. The molecule has 116 valence electrons. The molecule has 0 aliphatic rings. The van der Waals surface area contributed by atoms with Gasteiger partial charge in [-0.2, -0.15) is 0 Å². The van der Waals surface area contributed by atoms with Crippen molar-refractivity contribution in [3.8, 4) is 0 Å². The summed E-state index contributed by atoms with van der Waals surface area (Å²) < 4.78 is 46.0. The van der Waals surface area contributed by atoms with Crippen LogP contribution in [0.2, 0.25) is 0 Å². The second-order valence-corrected chi connectivity index (χ2v) is 9.68. The van der Waals surface area contributed by atoms with E-state index in [0.717, 1.165) is 25.6 Å². The third-order valence-corrected chi connectivity index (χ3v) is 6.08. The van der Waals surface area contributed by atoms with Gasteiger partial charge in [-0.1, -0.05) is 27.2 Å². The summed E-state index contributed by atoms with van der Waals surface area (Å²) in [6, 6.07) is -0.102. The molecule has 0 fully saturated rings. The molecule has 0 amide bonds. The van der Waals surface area contributed by atoms with E-state index in [9.17, 15) is 16.8 Å². The maximum Gasteiger partial charge on any atom is 0.152 e. The first-order valence-corrected chi connectivity index (χ1v) is 10.6. The largest absolute Gasteiger partial charge is 0.313 e. The molecule has 19 heavy (non-hydrogen) atoms. The van der Waals surface area contributed by atoms with Crippen LogP contribution >= 0.6 is 0 Å². The van der Waals surface area contributed by atoms with Gasteiger partial charge in [0.1, 0.15) is 9.84 Å². The first-order valence-electron chi connectivity index (χ1n) is 6.72. The topological polar surface area (TPSA) is 80.3 Å². The van der Waals surface area contributed by atoms with Crippen LogP contribution in [0, 0.1) is 5.92 Å². The second-order valence-electron chi connectivity index (χ2n) is 5.19. The van der Waals surface area contributed by atoms with E-state index in [1.54, 1.807) is 0 Å². The zero-order chi connectivity index (χ0) is 15.1. The van der Waals surface area contributed by atoms with E-state index < -0.39 is 19.7 Å². The molecule has 0 saturated heterocycles. The Morgan fingerprint density at radius 1 is 1.05 bits per heavy atom. The number of sulfone groups is 2. The van der Waals surface area contributed by atoms with Crippen LogP contribution in [0.4, 0.5) is 0 Å². The Labute approximate surface area is 118 Å². The Balaban J connectivity index is 4.63. The third kappa shape index (κ3) is 9.40. The predicted octanol–water partition coefficient (Wildman–Crippen LogP) is 0.860. The van der Waals surface area contributed by atoms with Crippen LogP contribution in [0.25, 0.3) is 0 Å². The number of hydrogen-bond donors (Lipinski definition) is 1. The van der Waals surface area contributed by atoms with Gasteiger partial charge in [0.15, 0.2) is 9.84 Å². The van der Waals surface area contributed by atoms with Gasteiger partial charge >= 0.3 is 0 Å². The molecule has 1 N–H and O–H groups in total. The number of rotatable bonds is 10. The van der Waals surface area contributed by atoms with Gasteiger partial charge < -0.3 is 5.32 Å². The maximum atomic E-state index is 12.0. The summed E-state index contributed by atoms with van der Waals surface area (Å²) in [6.45, 7) is 6.84. The second kappa shape index (κ2) is 8.21. The van der Waals surface area contributed by atoms with Crippen molar-refractivity contribution in [2.45, 2.75) is 39.7 Å². The first-order chi connectivity index (χ1) is 8.61. The average Bonchev–Trinajstić information content (AvgIpc) is 2.30. The van der Waals surface area contributed by atoms with E-state index in [1.807, 2.05) is 20.8 Å². The Hall–Kier alpha value is -0.140. The molecule has 0 aromatic rings. The lowest BCUT2D eigenvalue weighted by atomic mass is 10.0. The quantitative estimate of drug-likeness (QED) is 0.647. The third-order valence-electron chi connectivity index (χ3n) is 3.19. The van der Waals surface area contributed by atoms with Crippen LogP contribution < -0.4 is 5.32 Å². The molecule has 0 aromatic heterocycles. The summed E-state index contributed by atoms with van der Waals surface area (Å²) in [5, 5.41) is 3.24. The average molecular weight is 313 g/mol. The molecule has 0 radical (unpaired) electrons. The summed E-state index contributed by atoms with van der Waals surface area (Å²) in [6.07, 6.45) is 2.89. The van der Waals surface area contributed by atoms with E-state index in [2.05, 4.69) is 5.32 Å². The van der Waals surface area contributed by atoms with Gasteiger partial charge in [0.05, 0.1) is 17.3 Å². The van der Waals surface area contributed by atoms with E-state index in [0.29, 0.717) is 0 Å². The van der Waals surface area contributed by atoms with Crippen molar-refractivity contribution in [2.75, 3.05) is 30.1 Å². The lowest BCUT2D eigenvalue weighted by molar-refractivity contribution is 0.391. The summed E-state index contributed by atoms with van der Waals surface area (Å²) in [4.78, 5) is 0. The maximum absolute atomic E-state index is 12.0. The molecule has 0 heterocycles. The minimum Gasteiger partial charge on any atom is -0.313 e. The zero-order valence-electron chi connectivity index (χ0n) is 12.3. The van der Waals surface area contributed by atoms with Crippen molar-refractivity contribution in [3.05, 3.63) is 0 Å². The number of hydrogen-bond acceptors (Lipinski definition) is 5. The molecule has 0 rings (SSSR count). The standard InChI is InChI=1S/C12H27NO4S2/c1-5-7-13-12(11(3)6-2)10-19(16,17)9-8-18(4,14)15/h11-13H,5-10H2,1-4H3. The van der Waals surface area contributed by atoms with Crippen LogP contribution in [0.1, 0.15) is 33.6 Å². The Kier molecular flexibility index (Phi) is 8.15. The monoisotopic (exact) mass is 313 g/mol. The van der Waals surface area contributed by atoms with Gasteiger partial charge in [-0.15, -0.1) is 0 Å². The summed E-state index contributed by atoms with van der Waals surface area (Å²) >= 11 is 0. The van der Waals surface area contributed by atoms with E-state index in [-0.39, 0.29) is 29.2 Å². The highest BCUT2D eigenvalue weighted by molar-refractivity contribution is 7.94. The molecular formula is C12H27NO4S2. The Bertz CT molecular complexity index is 442. The minimum atomic E-state index is -3.34. The Morgan fingerprint density at radius 2 is 1.63 bits per heavy atom. The highest BCUT2D eigenvalue weighted by atomic mass is 32.2. The fourth-order valence-corrected chi connectivity index (χ4v) is 5.06. The van der Waals surface area contributed by atoms with Crippen molar-refractivity contribution < 1.29 is 16.8 Å². The molecule has 0 aliphatic carbocycles. The van der Waals surface area contributed by atoms with E-state index in [4.69, 9.17) is 0 Å². The molecule has 2 atom stereocenters. The Morgan fingerprint density at radius 3 is 2.05 bits per heavy atom. The summed E-state index contributed by atoms with van der Waals surface area (Å²) in [5.74, 6) is -0.319. The summed E-state index contributed by atoms with van der Waals surface area (Å²) in [5.41, 5.74) is 0. The first kappa shape index (κ1) is 18.9. The van der Waals surface area contributed by atoms with Gasteiger partial charge in [-0.05, 0) is 18.9 Å². The molecular weight excluding hydrogens is 286 g/mol. The van der Waals surface area contributed by atoms with Crippen molar-refractivity contribution in [1.82, 2.24) is 5.32 Å². The van der Waals surface area contributed by atoms with Crippen LogP contribution in [0.15, 0.2) is 0 Å². The molecule has 0 aliphatic heterocycles. The number of nitrogens with one attached hydrogen (secondary N) is 1. The highest BCUT2D eigenvalue weighted by Gasteiger charge is 2.23. The smallest absolute Gasteiger partial charge is 0.152 e. The SMILES string of the molecule is CCCNC(CS(=O)(=O)CCS(C)(=O)=O)C(C)CC. The minimum absolute atomic E-state index is 0.0114. The van der Waals surface area contributed by atoms with Crippen molar-refractivity contribution in [1.29, 1.82) is 0 Å². The van der Waals surface area contributed by atoms with Crippen LogP contribution in [0.5, 0.6) is 0 Å². The molecule has 5 nitrogen and oxygen atoms in total. The van der Waals surface area contributed by atoms with Gasteiger partial charge in [0.25, 0.3) is 0 Å². The molecule has 0 saturated carbocycles. The van der Waals surface area contributed by atoms with Gasteiger partial charge in [0.2, 0.25) is 0 Å². The van der Waals surface area contributed by atoms with Crippen LogP contribution in [-0.4, -0.2) is 52.9 Å². The fraction of sp³-hybridized carbons (Fsp3) is 1.00. The van der Waals surface area contributed by atoms with Gasteiger partial charge in [-0.25, -0.2) is 16.8 Å². The van der Waals surface area contributed by atoms with Gasteiger partial charge in [0, 0.05) is 12.3 Å². The molecule has 7 heteroatoms. The van der Waals surface area contributed by atoms with E-state index >= 15 is 0 Å². The lowest BCUT2D eigenvalue weighted by Gasteiger charge is -2.24. The normalized spacial score (nSPS) is 16.2. The zero-order valence-corrected chi connectivity index (χ0v) is 14.0. The molecule has 0 aromatic carbocycles. The highest BCUT2D eigenvalue weighted by Crippen LogP contribution is 2.11. The van der Waals surface area contributed by atoms with Crippen LogP contribution in [0.3, 0.4) is 0 Å². The lowest BCUT2D eigenvalue weighted by Crippen LogP contribution is -2.42. The van der Waals surface area contributed by atoms with Crippen molar-refractivity contribution >= 4 is 19.7 Å². The summed E-state index contributed by atoms with van der Waals surface area (Å²) in [7, 11) is -6.58. The molecule has 0 spiro atoms. The predicted molar refractivity (Wildman–Crippen MR) is 79.9 cm³/mol. The fourth-order valence-electron chi connectivity index (χ4n) is 1.67. The van der Waals surface area contributed by atoms with Crippen molar-refractivity contribution in [3.63, 3.8) is 0 Å². The van der Waals surface area contributed by atoms with Gasteiger partial charge in [-0.3, -0.25) is 0 Å². The van der Waals surface area contributed by atoms with Crippen molar-refractivity contribution in [2.24, 2.45) is 5.92 Å².